The first kappa shape index (κ1) is 12.8. The van der Waals surface area contributed by atoms with Crippen LogP contribution in [0.2, 0.25) is 0 Å². The maximum Gasteiger partial charge on any atom is 0.261 e. The van der Waals surface area contributed by atoms with Gasteiger partial charge in [-0.15, -0.1) is 11.3 Å². The monoisotopic (exact) mass is 261 g/mol. The number of carbonyl (C=O) groups excluding carboxylic acids is 1. The molecule has 2 N–H and O–H groups in total. The molecule has 0 bridgehead atoms. The number of aryl methyl sites for hydroxylation is 1. The number of aliphatic hydroxyl groups is 1. The van der Waals surface area contributed by atoms with Crippen molar-refractivity contribution in [3.8, 4) is 0 Å². The van der Waals surface area contributed by atoms with Gasteiger partial charge < -0.3 is 10.4 Å². The average Bonchev–Trinajstić information content (AvgIpc) is 2.83. The van der Waals surface area contributed by atoms with Crippen molar-refractivity contribution in [2.75, 3.05) is 6.54 Å². The predicted octanol–water partition coefficient (Wildman–Crippen LogP) is 2.52. The van der Waals surface area contributed by atoms with E-state index >= 15 is 0 Å². The van der Waals surface area contributed by atoms with Crippen LogP contribution < -0.4 is 5.32 Å². The van der Waals surface area contributed by atoms with Crippen LogP contribution >= 0.6 is 11.3 Å². The van der Waals surface area contributed by atoms with Crippen LogP contribution in [0.1, 0.15) is 26.2 Å². The van der Waals surface area contributed by atoms with E-state index in [2.05, 4.69) is 5.32 Å². The quantitative estimate of drug-likeness (QED) is 0.888. The summed E-state index contributed by atoms with van der Waals surface area (Å²) in [5, 5.41) is 12.6. The van der Waals surface area contributed by atoms with Gasteiger partial charge in [-0.1, -0.05) is 30.3 Å². The van der Waals surface area contributed by atoms with Gasteiger partial charge in [0.25, 0.3) is 5.91 Å². The molecule has 4 heteroatoms. The van der Waals surface area contributed by atoms with E-state index in [9.17, 15) is 9.90 Å². The predicted molar refractivity (Wildman–Crippen MR) is 72.8 cm³/mol. The van der Waals surface area contributed by atoms with Gasteiger partial charge in [0.1, 0.15) is 0 Å². The molecule has 0 radical (unpaired) electrons. The molecule has 1 heterocycles. The summed E-state index contributed by atoms with van der Waals surface area (Å²) >= 11 is 1.45. The first-order valence-electron chi connectivity index (χ1n) is 5.74. The number of nitrogens with one attached hydrogen (secondary N) is 1. The first-order valence-corrected chi connectivity index (χ1v) is 6.56. The van der Waals surface area contributed by atoms with Crippen LogP contribution in [0, 0.1) is 6.92 Å². The van der Waals surface area contributed by atoms with Gasteiger partial charge in [0.15, 0.2) is 0 Å². The molecule has 94 valence electrons. The number of aliphatic hydroxyl groups excluding tert-OH is 1. The summed E-state index contributed by atoms with van der Waals surface area (Å²) < 4.78 is 0. The van der Waals surface area contributed by atoms with Gasteiger partial charge in [0, 0.05) is 11.4 Å². The van der Waals surface area contributed by atoms with Crippen molar-refractivity contribution in [1.29, 1.82) is 0 Å². The highest BCUT2D eigenvalue weighted by Gasteiger charge is 2.11. The largest absolute Gasteiger partial charge is 0.387 e. The lowest BCUT2D eigenvalue weighted by atomic mass is 10.1. The van der Waals surface area contributed by atoms with Crippen molar-refractivity contribution in [2.24, 2.45) is 0 Å². The first-order chi connectivity index (χ1) is 8.66. The van der Waals surface area contributed by atoms with Gasteiger partial charge in [-0.2, -0.15) is 0 Å². The van der Waals surface area contributed by atoms with Crippen LogP contribution in [-0.2, 0) is 0 Å². The van der Waals surface area contributed by atoms with Gasteiger partial charge >= 0.3 is 0 Å². The molecule has 0 saturated heterocycles. The molecule has 0 fully saturated rings. The van der Waals surface area contributed by atoms with Crippen LogP contribution in [0.3, 0.4) is 0 Å². The summed E-state index contributed by atoms with van der Waals surface area (Å²) in [7, 11) is 0. The maximum atomic E-state index is 11.8. The average molecular weight is 261 g/mol. The molecule has 1 aromatic carbocycles. The third-order valence-corrected chi connectivity index (χ3v) is 3.60. The Labute approximate surface area is 110 Å². The Morgan fingerprint density at radius 2 is 2.00 bits per heavy atom. The number of thiophene rings is 1. The number of hydrogen-bond acceptors (Lipinski definition) is 3. The Morgan fingerprint density at radius 3 is 2.61 bits per heavy atom. The summed E-state index contributed by atoms with van der Waals surface area (Å²) in [6, 6.07) is 13.0. The molecular formula is C14H15NO2S. The molecule has 0 aliphatic rings. The van der Waals surface area contributed by atoms with E-state index in [1.807, 2.05) is 43.3 Å². The highest BCUT2D eigenvalue weighted by molar-refractivity contribution is 7.13. The Hall–Kier alpha value is -1.65. The van der Waals surface area contributed by atoms with E-state index in [1.54, 1.807) is 6.07 Å². The topological polar surface area (TPSA) is 49.3 Å². The van der Waals surface area contributed by atoms with Crippen LogP contribution in [0.5, 0.6) is 0 Å². The van der Waals surface area contributed by atoms with Crippen LogP contribution in [0.25, 0.3) is 0 Å². The van der Waals surface area contributed by atoms with Gasteiger partial charge in [-0.25, -0.2) is 0 Å². The summed E-state index contributed by atoms with van der Waals surface area (Å²) in [4.78, 5) is 13.6. The van der Waals surface area contributed by atoms with Gasteiger partial charge in [-0.3, -0.25) is 4.79 Å². The number of hydrogen-bond donors (Lipinski definition) is 2. The fraction of sp³-hybridized carbons (Fsp3) is 0.214. The molecule has 0 unspecified atom stereocenters. The zero-order valence-corrected chi connectivity index (χ0v) is 10.9. The van der Waals surface area contributed by atoms with E-state index in [-0.39, 0.29) is 12.5 Å². The van der Waals surface area contributed by atoms with E-state index < -0.39 is 6.10 Å². The molecule has 18 heavy (non-hydrogen) atoms. The summed E-state index contributed by atoms with van der Waals surface area (Å²) in [6.07, 6.45) is -0.670. The van der Waals surface area contributed by atoms with Gasteiger partial charge in [0.05, 0.1) is 11.0 Å². The zero-order valence-electron chi connectivity index (χ0n) is 10.1. The summed E-state index contributed by atoms with van der Waals surface area (Å²) in [5.41, 5.74) is 0.806. The third kappa shape index (κ3) is 3.18. The van der Waals surface area contributed by atoms with Crippen LogP contribution in [0.15, 0.2) is 42.5 Å². The SMILES string of the molecule is Cc1ccc(C(=O)NC[C@@H](O)c2ccccc2)s1. The highest BCUT2D eigenvalue weighted by atomic mass is 32.1. The number of amides is 1. The minimum atomic E-state index is -0.670. The van der Waals surface area contributed by atoms with Crippen molar-refractivity contribution in [3.63, 3.8) is 0 Å². The molecule has 1 aromatic heterocycles. The third-order valence-electron chi connectivity index (χ3n) is 2.60. The summed E-state index contributed by atoms with van der Waals surface area (Å²) in [6.45, 7) is 2.18. The van der Waals surface area contributed by atoms with E-state index in [4.69, 9.17) is 0 Å². The molecule has 2 rings (SSSR count). The second-order valence-corrected chi connectivity index (χ2v) is 5.33. The lowest BCUT2D eigenvalue weighted by Crippen LogP contribution is -2.27. The normalized spacial score (nSPS) is 12.1. The standard InChI is InChI=1S/C14H15NO2S/c1-10-7-8-13(18-10)14(17)15-9-12(16)11-5-3-2-4-6-11/h2-8,12,16H,9H2,1H3,(H,15,17)/t12-/m1/s1. The maximum absolute atomic E-state index is 11.8. The molecule has 3 nitrogen and oxygen atoms in total. The second-order valence-electron chi connectivity index (χ2n) is 4.05. The lowest BCUT2D eigenvalue weighted by molar-refractivity contribution is 0.0920. The van der Waals surface area contributed by atoms with Crippen molar-refractivity contribution < 1.29 is 9.90 Å². The molecular weight excluding hydrogens is 246 g/mol. The van der Waals surface area contributed by atoms with Crippen molar-refractivity contribution in [1.82, 2.24) is 5.32 Å². The van der Waals surface area contributed by atoms with Crippen molar-refractivity contribution >= 4 is 17.2 Å². The molecule has 0 spiro atoms. The van der Waals surface area contributed by atoms with E-state index in [0.29, 0.717) is 4.88 Å². The molecule has 2 aromatic rings. The van der Waals surface area contributed by atoms with E-state index in [0.717, 1.165) is 10.4 Å². The van der Waals surface area contributed by atoms with Gasteiger partial charge in [0.2, 0.25) is 0 Å². The number of benzene rings is 1. The van der Waals surface area contributed by atoms with Crippen molar-refractivity contribution in [3.05, 3.63) is 57.8 Å². The second kappa shape index (κ2) is 5.80. The van der Waals surface area contributed by atoms with Crippen molar-refractivity contribution in [2.45, 2.75) is 13.0 Å². The van der Waals surface area contributed by atoms with Gasteiger partial charge in [-0.05, 0) is 24.6 Å². The van der Waals surface area contributed by atoms with E-state index in [1.165, 1.54) is 11.3 Å². The Bertz CT molecular complexity index is 522. The molecule has 0 aliphatic carbocycles. The highest BCUT2D eigenvalue weighted by Crippen LogP contribution is 2.15. The zero-order chi connectivity index (χ0) is 13.0. The minimum Gasteiger partial charge on any atom is -0.387 e. The Morgan fingerprint density at radius 1 is 1.28 bits per heavy atom. The Balaban J connectivity index is 1.90. The number of carbonyl (C=O) groups is 1. The van der Waals surface area contributed by atoms with Crippen LogP contribution in [-0.4, -0.2) is 17.6 Å². The fourth-order valence-corrected chi connectivity index (χ4v) is 2.41. The Kier molecular flexibility index (Phi) is 4.12. The van der Waals surface area contributed by atoms with Crippen LogP contribution in [0.4, 0.5) is 0 Å². The lowest BCUT2D eigenvalue weighted by Gasteiger charge is -2.11. The molecule has 1 atom stereocenters. The molecule has 0 aliphatic heterocycles. The molecule has 1 amide bonds. The fourth-order valence-electron chi connectivity index (χ4n) is 1.63. The molecule has 0 saturated carbocycles. The summed E-state index contributed by atoms with van der Waals surface area (Å²) in [5.74, 6) is -0.136. The smallest absolute Gasteiger partial charge is 0.261 e. The minimum absolute atomic E-state index is 0.136. The number of rotatable bonds is 4.